The molecule has 2 aliphatic heterocycles. The number of benzene rings is 2. The number of morpholine rings is 1. The van der Waals surface area contributed by atoms with Gasteiger partial charge < -0.3 is 15.4 Å². The molecule has 0 radical (unpaired) electrons. The maximum Gasteiger partial charge on any atom is 0.248 e. The van der Waals surface area contributed by atoms with Crippen LogP contribution < -0.4 is 10.6 Å². The number of pyridine rings is 1. The molecule has 2 aromatic carbocycles. The predicted octanol–water partition coefficient (Wildman–Crippen LogP) is 3.80. The average Bonchev–Trinajstić information content (AvgIpc) is 2.84. The van der Waals surface area contributed by atoms with Gasteiger partial charge in [0.05, 0.1) is 18.0 Å². The maximum absolute atomic E-state index is 11.6. The molecule has 3 heterocycles. The third-order valence-electron chi connectivity index (χ3n) is 6.59. The van der Waals surface area contributed by atoms with Crippen LogP contribution in [0.25, 0.3) is 11.3 Å². The van der Waals surface area contributed by atoms with Crippen molar-refractivity contribution in [2.45, 2.75) is 25.5 Å². The van der Waals surface area contributed by atoms with Crippen molar-refractivity contribution in [1.82, 2.24) is 9.88 Å². The number of aryl methyl sites for hydroxylation is 1. The van der Waals surface area contributed by atoms with Crippen LogP contribution in [0.2, 0.25) is 0 Å². The lowest BCUT2D eigenvalue weighted by Crippen LogP contribution is -2.38. The smallest absolute Gasteiger partial charge is 0.248 e. The summed E-state index contributed by atoms with van der Waals surface area (Å²) in [7, 11) is 2.18. The Morgan fingerprint density at radius 1 is 1.12 bits per heavy atom. The maximum atomic E-state index is 11.6. The Bertz CT molecular complexity index is 1160. The molecule has 0 saturated carbocycles. The summed E-state index contributed by atoms with van der Waals surface area (Å²) in [6, 6.07) is 20.2. The van der Waals surface area contributed by atoms with Crippen molar-refractivity contribution in [2.75, 3.05) is 38.2 Å². The molecular formula is C27H30N4O2. The quantitative estimate of drug-likeness (QED) is 0.651. The Morgan fingerprint density at radius 3 is 2.88 bits per heavy atom. The van der Waals surface area contributed by atoms with Crippen molar-refractivity contribution in [3.63, 3.8) is 0 Å². The first-order valence-electron chi connectivity index (χ1n) is 11.6. The molecule has 1 fully saturated rings. The molecule has 6 heteroatoms. The molecule has 6 nitrogen and oxygen atoms in total. The number of primary amides is 1. The molecule has 170 valence electrons. The van der Waals surface area contributed by atoms with E-state index < -0.39 is 5.91 Å². The Kier molecular flexibility index (Phi) is 6.11. The van der Waals surface area contributed by atoms with Crippen LogP contribution in [0, 0.1) is 0 Å². The van der Waals surface area contributed by atoms with Gasteiger partial charge in [-0.15, -0.1) is 0 Å². The largest absolute Gasteiger partial charge is 0.374 e. The minimum Gasteiger partial charge on any atom is -0.374 e. The van der Waals surface area contributed by atoms with Crippen molar-refractivity contribution in [3.05, 3.63) is 83.0 Å². The molecule has 1 saturated heterocycles. The second-order valence-electron chi connectivity index (χ2n) is 8.98. The molecule has 0 bridgehead atoms. The van der Waals surface area contributed by atoms with E-state index in [9.17, 15) is 4.79 Å². The number of rotatable bonds is 5. The lowest BCUT2D eigenvalue weighted by Gasteiger charge is -2.33. The fourth-order valence-electron chi connectivity index (χ4n) is 4.84. The molecule has 2 N–H and O–H groups in total. The Labute approximate surface area is 195 Å². The van der Waals surface area contributed by atoms with Gasteiger partial charge in [-0.05, 0) is 54.3 Å². The van der Waals surface area contributed by atoms with Crippen LogP contribution >= 0.6 is 0 Å². The number of hydrogen-bond acceptors (Lipinski definition) is 5. The van der Waals surface area contributed by atoms with Crippen LogP contribution in [0.5, 0.6) is 0 Å². The van der Waals surface area contributed by atoms with Gasteiger partial charge in [-0.1, -0.05) is 30.3 Å². The number of anilines is 1. The molecule has 5 rings (SSSR count). The van der Waals surface area contributed by atoms with Crippen molar-refractivity contribution in [2.24, 2.45) is 5.73 Å². The van der Waals surface area contributed by atoms with Crippen molar-refractivity contribution >= 4 is 11.6 Å². The highest BCUT2D eigenvalue weighted by Crippen LogP contribution is 2.29. The van der Waals surface area contributed by atoms with Gasteiger partial charge in [-0.25, -0.2) is 0 Å². The zero-order valence-corrected chi connectivity index (χ0v) is 19.0. The standard InChI is InChI=1S/C27H30N4O2/c1-30-12-4-7-21-15-19(10-11-25(21)30)17-31-13-14-33-26(18-31)24-9-3-8-23(29-24)20-5-2-6-22(16-20)27(28)32/h2-3,5-6,8-11,15-16,26H,4,7,12-14,17-18H2,1H3,(H2,28,32)/t26-/m1/s1. The average molecular weight is 443 g/mol. The van der Waals surface area contributed by atoms with Crippen molar-refractivity contribution in [1.29, 1.82) is 0 Å². The van der Waals surface area contributed by atoms with Gasteiger partial charge >= 0.3 is 0 Å². The van der Waals surface area contributed by atoms with E-state index in [1.807, 2.05) is 30.3 Å². The van der Waals surface area contributed by atoms with Gasteiger partial charge in [0.1, 0.15) is 6.10 Å². The first-order valence-corrected chi connectivity index (χ1v) is 11.6. The SMILES string of the molecule is CN1CCCc2cc(CN3CCO[C@@H](c4cccc(-c5cccc(C(N)=O)c5)n4)C3)ccc21. The van der Waals surface area contributed by atoms with Gasteiger partial charge in [0.15, 0.2) is 0 Å². The fourth-order valence-corrected chi connectivity index (χ4v) is 4.84. The number of fused-ring (bicyclic) bond motifs is 1. The van der Waals surface area contributed by atoms with Gasteiger partial charge in [-0.3, -0.25) is 14.7 Å². The number of amides is 1. The minimum absolute atomic E-state index is 0.0817. The van der Waals surface area contributed by atoms with Gasteiger partial charge in [-0.2, -0.15) is 0 Å². The summed E-state index contributed by atoms with van der Waals surface area (Å²) in [5.74, 6) is -0.437. The van der Waals surface area contributed by atoms with E-state index in [0.29, 0.717) is 12.2 Å². The Balaban J connectivity index is 1.31. The summed E-state index contributed by atoms with van der Waals surface area (Å²) >= 11 is 0. The molecule has 1 atom stereocenters. The number of carbonyl (C=O) groups excluding carboxylic acids is 1. The van der Waals surface area contributed by atoms with E-state index in [1.54, 1.807) is 12.1 Å². The third-order valence-corrected chi connectivity index (χ3v) is 6.59. The van der Waals surface area contributed by atoms with Crippen LogP contribution in [-0.4, -0.2) is 49.1 Å². The van der Waals surface area contributed by atoms with E-state index in [2.05, 4.69) is 35.0 Å². The van der Waals surface area contributed by atoms with E-state index in [4.69, 9.17) is 15.5 Å². The lowest BCUT2D eigenvalue weighted by atomic mass is 9.99. The number of hydrogen-bond donors (Lipinski definition) is 1. The Hall–Kier alpha value is -3.22. The van der Waals surface area contributed by atoms with Crippen LogP contribution in [0.4, 0.5) is 5.69 Å². The van der Waals surface area contributed by atoms with Crippen LogP contribution in [0.15, 0.2) is 60.7 Å². The van der Waals surface area contributed by atoms with Gasteiger partial charge in [0, 0.05) is 50.0 Å². The highest BCUT2D eigenvalue weighted by molar-refractivity contribution is 5.94. The lowest BCUT2D eigenvalue weighted by molar-refractivity contribution is -0.0349. The highest BCUT2D eigenvalue weighted by Gasteiger charge is 2.24. The number of nitrogens with zero attached hydrogens (tertiary/aromatic N) is 3. The third kappa shape index (κ3) is 4.77. The van der Waals surface area contributed by atoms with Crippen molar-refractivity contribution in [3.8, 4) is 11.3 Å². The van der Waals surface area contributed by atoms with Crippen LogP contribution in [0.1, 0.15) is 39.7 Å². The summed E-state index contributed by atoms with van der Waals surface area (Å²) < 4.78 is 6.10. The predicted molar refractivity (Wildman–Crippen MR) is 130 cm³/mol. The molecule has 1 aromatic heterocycles. The molecule has 2 aliphatic rings. The number of nitrogens with two attached hydrogens (primary N) is 1. The zero-order valence-electron chi connectivity index (χ0n) is 19.0. The van der Waals surface area contributed by atoms with Gasteiger partial charge in [0.25, 0.3) is 0 Å². The van der Waals surface area contributed by atoms with E-state index in [-0.39, 0.29) is 6.10 Å². The second-order valence-corrected chi connectivity index (χ2v) is 8.98. The molecule has 0 unspecified atom stereocenters. The summed E-state index contributed by atoms with van der Waals surface area (Å²) in [4.78, 5) is 21.2. The topological polar surface area (TPSA) is 71.7 Å². The van der Waals surface area contributed by atoms with Crippen LogP contribution in [0.3, 0.4) is 0 Å². The molecule has 1 amide bonds. The highest BCUT2D eigenvalue weighted by atomic mass is 16.5. The Morgan fingerprint density at radius 2 is 2.00 bits per heavy atom. The molecular weight excluding hydrogens is 412 g/mol. The first kappa shape index (κ1) is 21.6. The number of ether oxygens (including phenoxy) is 1. The number of aromatic nitrogens is 1. The van der Waals surface area contributed by atoms with E-state index in [0.717, 1.165) is 49.6 Å². The molecule has 33 heavy (non-hydrogen) atoms. The van der Waals surface area contributed by atoms with E-state index >= 15 is 0 Å². The summed E-state index contributed by atoms with van der Waals surface area (Å²) in [5, 5.41) is 0. The normalized spacial score (nSPS) is 18.7. The van der Waals surface area contributed by atoms with Crippen LogP contribution in [-0.2, 0) is 17.7 Å². The molecule has 0 spiro atoms. The van der Waals surface area contributed by atoms with Crippen molar-refractivity contribution < 1.29 is 9.53 Å². The summed E-state index contributed by atoms with van der Waals surface area (Å²) in [6.45, 7) is 4.44. The fraction of sp³-hybridized carbons (Fsp3) is 0.333. The zero-order chi connectivity index (χ0) is 22.8. The van der Waals surface area contributed by atoms with E-state index in [1.165, 1.54) is 23.2 Å². The first-order chi connectivity index (χ1) is 16.1. The second kappa shape index (κ2) is 9.33. The van der Waals surface area contributed by atoms with Gasteiger partial charge in [0.2, 0.25) is 5.91 Å². The molecule has 0 aliphatic carbocycles. The number of carbonyl (C=O) groups is 1. The monoisotopic (exact) mass is 442 g/mol. The summed E-state index contributed by atoms with van der Waals surface area (Å²) in [6.07, 6.45) is 2.30. The molecule has 3 aromatic rings. The minimum atomic E-state index is -0.437. The summed E-state index contributed by atoms with van der Waals surface area (Å²) in [5.41, 5.74) is 12.7.